The van der Waals surface area contributed by atoms with Crippen molar-refractivity contribution in [2.75, 3.05) is 25.5 Å². The highest BCUT2D eigenvalue weighted by molar-refractivity contribution is 7.21. The monoisotopic (exact) mass is 467 g/mol. The standard InChI is InChI=1S/C25H26FN3O3S/c1-4-28(5-2)22(30)14-29-12-11-16-13-17(9-10-20(16)29)27-25(31)24-18(15-32-3)23-19(26)7-6-8-21(23)33-24/h6-13H,4-5,14-15H2,1-3H3,(H,27,31). The van der Waals surface area contributed by atoms with Crippen molar-refractivity contribution in [3.05, 3.63) is 64.9 Å². The highest BCUT2D eigenvalue weighted by Crippen LogP contribution is 2.34. The number of halogens is 1. The quantitative estimate of drug-likeness (QED) is 0.384. The molecule has 0 fully saturated rings. The number of hydrogen-bond acceptors (Lipinski definition) is 4. The number of ether oxygens (including phenoxy) is 1. The number of benzene rings is 2. The fourth-order valence-electron chi connectivity index (χ4n) is 4.06. The van der Waals surface area contributed by atoms with Crippen LogP contribution in [0.2, 0.25) is 0 Å². The lowest BCUT2D eigenvalue weighted by Gasteiger charge is -2.19. The van der Waals surface area contributed by atoms with E-state index in [9.17, 15) is 14.0 Å². The van der Waals surface area contributed by atoms with Gasteiger partial charge in [-0.15, -0.1) is 11.3 Å². The second-order valence-electron chi connectivity index (χ2n) is 7.69. The maximum atomic E-state index is 14.4. The molecule has 0 aliphatic rings. The van der Waals surface area contributed by atoms with E-state index < -0.39 is 0 Å². The van der Waals surface area contributed by atoms with Crippen molar-refractivity contribution in [3.8, 4) is 0 Å². The molecule has 4 rings (SSSR count). The molecule has 8 heteroatoms. The van der Waals surface area contributed by atoms with Gasteiger partial charge in [-0.25, -0.2) is 4.39 Å². The molecular weight excluding hydrogens is 441 g/mol. The molecule has 0 saturated heterocycles. The van der Waals surface area contributed by atoms with Gasteiger partial charge in [0.1, 0.15) is 12.4 Å². The molecule has 172 valence electrons. The minimum absolute atomic E-state index is 0.0672. The molecule has 6 nitrogen and oxygen atoms in total. The van der Waals surface area contributed by atoms with Crippen molar-refractivity contribution in [1.82, 2.24) is 9.47 Å². The van der Waals surface area contributed by atoms with E-state index >= 15 is 0 Å². The summed E-state index contributed by atoms with van der Waals surface area (Å²) in [6.45, 7) is 5.70. The molecule has 4 aromatic rings. The predicted molar refractivity (Wildman–Crippen MR) is 130 cm³/mol. The van der Waals surface area contributed by atoms with Crippen molar-refractivity contribution in [3.63, 3.8) is 0 Å². The lowest BCUT2D eigenvalue weighted by atomic mass is 10.1. The van der Waals surface area contributed by atoms with Gasteiger partial charge in [-0.1, -0.05) is 6.07 Å². The van der Waals surface area contributed by atoms with Gasteiger partial charge in [-0.3, -0.25) is 9.59 Å². The lowest BCUT2D eigenvalue weighted by molar-refractivity contribution is -0.131. The highest BCUT2D eigenvalue weighted by atomic mass is 32.1. The molecule has 0 unspecified atom stereocenters. The summed E-state index contributed by atoms with van der Waals surface area (Å²) in [7, 11) is 1.52. The summed E-state index contributed by atoms with van der Waals surface area (Å²) in [4.78, 5) is 27.8. The molecule has 2 aromatic heterocycles. The van der Waals surface area contributed by atoms with Crippen LogP contribution in [0.15, 0.2) is 48.7 Å². The second kappa shape index (κ2) is 9.72. The van der Waals surface area contributed by atoms with Crippen molar-refractivity contribution in [1.29, 1.82) is 0 Å². The molecule has 0 aliphatic carbocycles. The van der Waals surface area contributed by atoms with Crippen LogP contribution in [0, 0.1) is 5.82 Å². The number of anilines is 1. The van der Waals surface area contributed by atoms with E-state index in [2.05, 4.69) is 5.32 Å². The molecule has 1 N–H and O–H groups in total. The number of thiophene rings is 1. The molecule has 0 saturated carbocycles. The molecule has 2 amide bonds. The highest BCUT2D eigenvalue weighted by Gasteiger charge is 2.21. The van der Waals surface area contributed by atoms with Crippen LogP contribution < -0.4 is 5.32 Å². The summed E-state index contributed by atoms with van der Waals surface area (Å²) >= 11 is 1.25. The maximum Gasteiger partial charge on any atom is 0.266 e. The number of amides is 2. The third-order valence-electron chi connectivity index (χ3n) is 5.71. The van der Waals surface area contributed by atoms with E-state index in [-0.39, 0.29) is 30.8 Å². The van der Waals surface area contributed by atoms with E-state index in [1.54, 1.807) is 17.0 Å². The number of hydrogen-bond donors (Lipinski definition) is 1. The number of nitrogens with one attached hydrogen (secondary N) is 1. The Bertz CT molecular complexity index is 1320. The SMILES string of the molecule is CCN(CC)C(=O)Cn1ccc2cc(NC(=O)c3sc4cccc(F)c4c3COC)ccc21. The zero-order valence-electron chi connectivity index (χ0n) is 18.9. The van der Waals surface area contributed by atoms with Gasteiger partial charge in [0.15, 0.2) is 0 Å². The third kappa shape index (κ3) is 4.49. The van der Waals surface area contributed by atoms with Crippen molar-refractivity contribution in [2.45, 2.75) is 27.0 Å². The molecule has 0 aliphatic heterocycles. The topological polar surface area (TPSA) is 63.6 Å². The number of rotatable bonds is 8. The van der Waals surface area contributed by atoms with Crippen LogP contribution in [-0.2, 0) is 22.7 Å². The predicted octanol–water partition coefficient (Wildman–Crippen LogP) is 5.26. The van der Waals surface area contributed by atoms with Crippen LogP contribution in [0.4, 0.5) is 10.1 Å². The number of aromatic nitrogens is 1. The van der Waals surface area contributed by atoms with E-state index in [0.717, 1.165) is 10.9 Å². The summed E-state index contributed by atoms with van der Waals surface area (Å²) < 4.78 is 22.3. The first-order valence-electron chi connectivity index (χ1n) is 10.8. The number of likely N-dealkylation sites (N-methyl/N-ethyl adjacent to an activating group) is 1. The first kappa shape index (κ1) is 22.9. The van der Waals surface area contributed by atoms with Gasteiger partial charge in [0.25, 0.3) is 5.91 Å². The minimum atomic E-state index is -0.364. The molecule has 0 bridgehead atoms. The normalized spacial score (nSPS) is 11.3. The van der Waals surface area contributed by atoms with Gasteiger partial charge in [0, 0.05) is 58.6 Å². The molecule has 2 aromatic carbocycles. The Morgan fingerprint density at radius 3 is 2.67 bits per heavy atom. The van der Waals surface area contributed by atoms with E-state index in [4.69, 9.17) is 4.74 Å². The fraction of sp³-hybridized carbons (Fsp3) is 0.280. The third-order valence-corrected chi connectivity index (χ3v) is 6.90. The van der Waals surface area contributed by atoms with Crippen molar-refractivity contribution >= 4 is 49.8 Å². The lowest BCUT2D eigenvalue weighted by Crippen LogP contribution is -2.33. The van der Waals surface area contributed by atoms with Gasteiger partial charge in [-0.05, 0) is 50.2 Å². The number of carbonyl (C=O) groups excluding carboxylic acids is 2. The van der Waals surface area contributed by atoms with Gasteiger partial charge >= 0.3 is 0 Å². The average Bonchev–Trinajstić information content (AvgIpc) is 3.37. The Morgan fingerprint density at radius 2 is 1.94 bits per heavy atom. The van der Waals surface area contributed by atoms with Gasteiger partial charge < -0.3 is 19.5 Å². The Balaban J connectivity index is 1.59. The van der Waals surface area contributed by atoms with Gasteiger partial charge in [-0.2, -0.15) is 0 Å². The average molecular weight is 468 g/mol. The van der Waals surface area contributed by atoms with E-state index in [1.165, 1.54) is 24.5 Å². The number of fused-ring (bicyclic) bond motifs is 2. The molecule has 0 atom stereocenters. The van der Waals surface area contributed by atoms with E-state index in [1.807, 2.05) is 48.9 Å². The van der Waals surface area contributed by atoms with Crippen LogP contribution in [0.3, 0.4) is 0 Å². The first-order chi connectivity index (χ1) is 16.0. The van der Waals surface area contributed by atoms with Crippen LogP contribution >= 0.6 is 11.3 Å². The van der Waals surface area contributed by atoms with Crippen molar-refractivity contribution in [2.24, 2.45) is 0 Å². The Hall–Kier alpha value is -3.23. The van der Waals surface area contributed by atoms with Crippen molar-refractivity contribution < 1.29 is 18.7 Å². The van der Waals surface area contributed by atoms with Crippen LogP contribution in [0.5, 0.6) is 0 Å². The summed E-state index contributed by atoms with van der Waals surface area (Å²) in [6.07, 6.45) is 1.88. The molecule has 2 heterocycles. The summed E-state index contributed by atoms with van der Waals surface area (Å²) in [5.41, 5.74) is 2.09. The Kier molecular flexibility index (Phi) is 6.76. The minimum Gasteiger partial charge on any atom is -0.380 e. The summed E-state index contributed by atoms with van der Waals surface area (Å²) in [5.74, 6) is -0.604. The summed E-state index contributed by atoms with van der Waals surface area (Å²) in [6, 6.07) is 12.3. The maximum absolute atomic E-state index is 14.4. The molecular formula is C25H26FN3O3S. The zero-order chi connectivity index (χ0) is 23.5. The molecule has 33 heavy (non-hydrogen) atoms. The first-order valence-corrected chi connectivity index (χ1v) is 11.6. The van der Waals surface area contributed by atoms with Crippen LogP contribution in [-0.4, -0.2) is 41.5 Å². The zero-order valence-corrected chi connectivity index (χ0v) is 19.7. The number of methoxy groups -OCH3 is 1. The number of carbonyl (C=O) groups is 2. The van der Waals surface area contributed by atoms with Gasteiger partial charge in [0.05, 0.1) is 11.5 Å². The van der Waals surface area contributed by atoms with Crippen LogP contribution in [0.1, 0.15) is 29.1 Å². The Morgan fingerprint density at radius 1 is 1.15 bits per heavy atom. The number of nitrogens with zero attached hydrogens (tertiary/aromatic N) is 2. The summed E-state index contributed by atoms with van der Waals surface area (Å²) in [5, 5.41) is 4.27. The molecule has 0 radical (unpaired) electrons. The van der Waals surface area contributed by atoms with Gasteiger partial charge in [0.2, 0.25) is 5.91 Å². The molecule has 0 spiro atoms. The fourth-order valence-corrected chi connectivity index (χ4v) is 5.18. The second-order valence-corrected chi connectivity index (χ2v) is 8.75. The smallest absolute Gasteiger partial charge is 0.266 e. The van der Waals surface area contributed by atoms with E-state index in [0.29, 0.717) is 39.3 Å². The van der Waals surface area contributed by atoms with Crippen LogP contribution in [0.25, 0.3) is 21.0 Å². The largest absolute Gasteiger partial charge is 0.380 e. The Labute approximate surface area is 195 Å².